The van der Waals surface area contributed by atoms with Crippen molar-refractivity contribution in [2.24, 2.45) is 10.7 Å². The van der Waals surface area contributed by atoms with Crippen LogP contribution in [0.15, 0.2) is 41.5 Å². The third kappa shape index (κ3) is 3.79. The van der Waals surface area contributed by atoms with Gasteiger partial charge in [0, 0.05) is 25.0 Å². The molecule has 108 valence electrons. The fraction of sp³-hybridized carbons (Fsp3) is 0.357. The minimum atomic E-state index is -0.262. The van der Waals surface area contributed by atoms with Gasteiger partial charge >= 0.3 is 0 Å². The Bertz CT molecular complexity index is 495. The summed E-state index contributed by atoms with van der Waals surface area (Å²) in [5.74, 6) is 0.413. The Kier molecular flexibility index (Phi) is 4.70. The lowest BCUT2D eigenvalue weighted by Gasteiger charge is -2.33. The first kappa shape index (κ1) is 14.5. The van der Waals surface area contributed by atoms with Crippen LogP contribution in [0.3, 0.4) is 0 Å². The topological polar surface area (TPSA) is 56.9 Å². The van der Waals surface area contributed by atoms with Crippen molar-refractivity contribution in [1.29, 1.82) is 0 Å². The molecule has 0 aliphatic carbocycles. The Morgan fingerprint density at radius 1 is 1.35 bits per heavy atom. The summed E-state index contributed by atoms with van der Waals surface area (Å²) in [4.78, 5) is 8.38. The maximum Gasteiger partial charge on any atom is 0.204 e. The van der Waals surface area contributed by atoms with Crippen molar-refractivity contribution in [3.05, 3.63) is 42.4 Å². The Morgan fingerprint density at radius 2 is 2.05 bits per heavy atom. The van der Waals surface area contributed by atoms with Crippen LogP contribution in [0.2, 0.25) is 0 Å². The van der Waals surface area contributed by atoms with Crippen molar-refractivity contribution in [1.82, 2.24) is 9.80 Å². The summed E-state index contributed by atoms with van der Waals surface area (Å²) in [7, 11) is 4.02. The fourth-order valence-electron chi connectivity index (χ4n) is 1.85. The molecule has 6 heteroatoms. The van der Waals surface area contributed by atoms with Crippen molar-refractivity contribution in [2.45, 2.75) is 6.17 Å². The Labute approximate surface area is 118 Å². The summed E-state index contributed by atoms with van der Waals surface area (Å²) in [5.41, 5.74) is 6.85. The van der Waals surface area contributed by atoms with E-state index in [1.54, 1.807) is 18.3 Å². The van der Waals surface area contributed by atoms with Crippen molar-refractivity contribution >= 4 is 11.6 Å². The van der Waals surface area contributed by atoms with E-state index in [4.69, 9.17) is 5.73 Å². The predicted octanol–water partition coefficient (Wildman–Crippen LogP) is 1.27. The molecule has 20 heavy (non-hydrogen) atoms. The van der Waals surface area contributed by atoms with Crippen LogP contribution in [0, 0.1) is 5.82 Å². The molecule has 5 nitrogen and oxygen atoms in total. The fourth-order valence-corrected chi connectivity index (χ4v) is 1.85. The molecule has 1 unspecified atom stereocenters. The highest BCUT2D eigenvalue weighted by Gasteiger charge is 2.19. The molecule has 0 bridgehead atoms. The number of nitrogens with one attached hydrogen (secondary N) is 1. The molecule has 0 spiro atoms. The number of anilines is 1. The summed E-state index contributed by atoms with van der Waals surface area (Å²) in [6, 6.07) is 6.16. The average Bonchev–Trinajstić information content (AvgIpc) is 2.40. The van der Waals surface area contributed by atoms with Crippen LogP contribution in [0.25, 0.3) is 0 Å². The van der Waals surface area contributed by atoms with Crippen LogP contribution in [-0.2, 0) is 0 Å². The number of hydrogen-bond donors (Lipinski definition) is 2. The Balaban J connectivity index is 2.08. The van der Waals surface area contributed by atoms with E-state index in [2.05, 4.69) is 15.2 Å². The van der Waals surface area contributed by atoms with Gasteiger partial charge in [0.1, 0.15) is 12.0 Å². The van der Waals surface area contributed by atoms with Crippen LogP contribution < -0.4 is 11.1 Å². The number of aliphatic imine (C=N–C) groups is 1. The molecule has 1 aliphatic heterocycles. The number of nitrogens with two attached hydrogens (primary N) is 1. The monoisotopic (exact) mass is 277 g/mol. The number of halogens is 1. The normalized spacial score (nSPS) is 18.4. The zero-order chi connectivity index (χ0) is 14.5. The summed E-state index contributed by atoms with van der Waals surface area (Å²) < 4.78 is 12.9. The first-order valence-electron chi connectivity index (χ1n) is 6.50. The summed E-state index contributed by atoms with van der Waals surface area (Å²) >= 11 is 0. The van der Waals surface area contributed by atoms with Gasteiger partial charge in [0.15, 0.2) is 0 Å². The quantitative estimate of drug-likeness (QED) is 0.870. The average molecular weight is 277 g/mol. The molecular weight excluding hydrogens is 257 g/mol. The standard InChI is InChI=1S/C14H20FN5/c1-19(2)9-10-20-13(16)7-8-17-14(20)18-12-5-3-11(15)4-6-12/h3-8,13H,9-10,16H2,1-2H3,(H,17,18). The van der Waals surface area contributed by atoms with Gasteiger partial charge in [0.25, 0.3) is 0 Å². The van der Waals surface area contributed by atoms with Crippen LogP contribution >= 0.6 is 0 Å². The van der Waals surface area contributed by atoms with Crippen molar-refractivity contribution in [3.8, 4) is 0 Å². The van der Waals surface area contributed by atoms with E-state index in [9.17, 15) is 4.39 Å². The highest BCUT2D eigenvalue weighted by atomic mass is 19.1. The van der Waals surface area contributed by atoms with Gasteiger partial charge in [0.05, 0.1) is 0 Å². The molecule has 2 rings (SSSR count). The number of guanidine groups is 1. The maximum absolute atomic E-state index is 12.9. The molecule has 0 fully saturated rings. The zero-order valence-corrected chi connectivity index (χ0v) is 11.8. The van der Waals surface area contributed by atoms with Gasteiger partial charge in [-0.25, -0.2) is 9.38 Å². The molecule has 0 radical (unpaired) electrons. The molecule has 0 amide bonds. The molecule has 0 saturated carbocycles. The molecule has 0 saturated heterocycles. The number of benzene rings is 1. The van der Waals surface area contributed by atoms with E-state index >= 15 is 0 Å². The number of hydrogen-bond acceptors (Lipinski definition) is 5. The lowest BCUT2D eigenvalue weighted by atomic mass is 10.3. The minimum absolute atomic E-state index is 0.213. The van der Waals surface area contributed by atoms with E-state index in [0.717, 1.165) is 18.8 Å². The minimum Gasteiger partial charge on any atom is -0.326 e. The van der Waals surface area contributed by atoms with E-state index in [1.807, 2.05) is 25.1 Å². The summed E-state index contributed by atoms with van der Waals surface area (Å²) in [6.45, 7) is 1.62. The molecule has 1 heterocycles. The Morgan fingerprint density at radius 3 is 2.70 bits per heavy atom. The summed E-state index contributed by atoms with van der Waals surface area (Å²) in [6.07, 6.45) is 3.31. The lowest BCUT2D eigenvalue weighted by Crippen LogP contribution is -2.51. The van der Waals surface area contributed by atoms with Crippen LogP contribution in [-0.4, -0.2) is 49.1 Å². The first-order chi connectivity index (χ1) is 9.56. The van der Waals surface area contributed by atoms with Crippen molar-refractivity contribution in [2.75, 3.05) is 32.5 Å². The van der Waals surface area contributed by atoms with Gasteiger partial charge in [-0.05, 0) is 44.4 Å². The third-order valence-corrected chi connectivity index (χ3v) is 3.00. The number of likely N-dealkylation sites (N-methyl/N-ethyl adjacent to an activating group) is 1. The largest absolute Gasteiger partial charge is 0.326 e. The first-order valence-corrected chi connectivity index (χ1v) is 6.50. The maximum atomic E-state index is 12.9. The van der Waals surface area contributed by atoms with Crippen LogP contribution in [0.1, 0.15) is 0 Å². The highest BCUT2D eigenvalue weighted by Crippen LogP contribution is 2.12. The van der Waals surface area contributed by atoms with Crippen molar-refractivity contribution in [3.63, 3.8) is 0 Å². The third-order valence-electron chi connectivity index (χ3n) is 3.00. The molecule has 3 N–H and O–H groups in total. The van der Waals surface area contributed by atoms with E-state index in [1.165, 1.54) is 12.1 Å². The predicted molar refractivity (Wildman–Crippen MR) is 79.8 cm³/mol. The van der Waals surface area contributed by atoms with Gasteiger partial charge in [0.2, 0.25) is 5.96 Å². The zero-order valence-electron chi connectivity index (χ0n) is 11.8. The van der Waals surface area contributed by atoms with Gasteiger partial charge < -0.3 is 20.9 Å². The van der Waals surface area contributed by atoms with Crippen LogP contribution in [0.5, 0.6) is 0 Å². The highest BCUT2D eigenvalue weighted by molar-refractivity contribution is 5.94. The van der Waals surface area contributed by atoms with E-state index < -0.39 is 0 Å². The van der Waals surface area contributed by atoms with Gasteiger partial charge in [-0.1, -0.05) is 0 Å². The van der Waals surface area contributed by atoms with Gasteiger partial charge in [-0.15, -0.1) is 0 Å². The molecule has 1 atom stereocenters. The molecular formula is C14H20FN5. The smallest absolute Gasteiger partial charge is 0.204 e. The van der Waals surface area contributed by atoms with Gasteiger partial charge in [-0.3, -0.25) is 0 Å². The lowest BCUT2D eigenvalue weighted by molar-refractivity contribution is 0.299. The van der Waals surface area contributed by atoms with E-state index in [0.29, 0.717) is 5.96 Å². The van der Waals surface area contributed by atoms with Crippen molar-refractivity contribution < 1.29 is 4.39 Å². The van der Waals surface area contributed by atoms with Gasteiger partial charge in [-0.2, -0.15) is 0 Å². The second-order valence-electron chi connectivity index (χ2n) is 4.91. The molecule has 1 aromatic rings. The summed E-state index contributed by atoms with van der Waals surface area (Å²) in [5, 5.41) is 3.17. The SMILES string of the molecule is CN(C)CCN1C(Nc2ccc(F)cc2)=NC=CC1N. The Hall–Kier alpha value is -1.92. The second-order valence-corrected chi connectivity index (χ2v) is 4.91. The number of nitrogens with zero attached hydrogens (tertiary/aromatic N) is 3. The second kappa shape index (κ2) is 6.49. The van der Waals surface area contributed by atoms with E-state index in [-0.39, 0.29) is 12.0 Å². The molecule has 1 aliphatic rings. The number of rotatable bonds is 4. The molecule has 1 aromatic carbocycles. The molecule has 0 aromatic heterocycles. The van der Waals surface area contributed by atoms with Crippen LogP contribution in [0.4, 0.5) is 10.1 Å².